The van der Waals surface area contributed by atoms with Crippen LogP contribution in [0.3, 0.4) is 0 Å². The molecule has 2 N–H and O–H groups in total. The maximum Gasteiger partial charge on any atom is 0.0325 e. The Morgan fingerprint density at radius 3 is 2.56 bits per heavy atom. The van der Waals surface area contributed by atoms with E-state index in [1.54, 1.807) is 0 Å². The van der Waals surface area contributed by atoms with Crippen LogP contribution in [0, 0.1) is 0 Å². The molecule has 1 aliphatic heterocycles. The smallest absolute Gasteiger partial charge is 0.0325 e. The second-order valence-electron chi connectivity index (χ2n) is 5.32. The monoisotopic (exact) mass is 311 g/mol. The zero-order chi connectivity index (χ0) is 13.1. The molecular formula is C14H22BrN3. The van der Waals surface area contributed by atoms with E-state index < -0.39 is 0 Å². The zero-order valence-electron chi connectivity index (χ0n) is 11.2. The normalized spacial score (nSPS) is 18.4. The van der Waals surface area contributed by atoms with E-state index in [1.165, 1.54) is 31.5 Å². The molecule has 0 saturated carbocycles. The van der Waals surface area contributed by atoms with Crippen LogP contribution in [-0.4, -0.2) is 43.0 Å². The minimum absolute atomic E-state index is 0.746. The molecule has 0 unspecified atom stereocenters. The number of hydrogen-bond acceptors (Lipinski definition) is 3. The van der Waals surface area contributed by atoms with Crippen molar-refractivity contribution in [3.05, 3.63) is 28.2 Å². The van der Waals surface area contributed by atoms with Gasteiger partial charge in [0.2, 0.25) is 0 Å². The number of nitrogens with zero attached hydrogens (tertiary/aromatic N) is 2. The van der Waals surface area contributed by atoms with E-state index in [0.717, 1.165) is 22.7 Å². The third-order valence-corrected chi connectivity index (χ3v) is 4.50. The molecule has 1 heterocycles. The fourth-order valence-electron chi connectivity index (χ4n) is 2.53. The fourth-order valence-corrected chi connectivity index (χ4v) is 3.05. The summed E-state index contributed by atoms with van der Waals surface area (Å²) in [5.41, 5.74) is 7.91. The zero-order valence-corrected chi connectivity index (χ0v) is 12.8. The first kappa shape index (κ1) is 13.8. The average molecular weight is 312 g/mol. The molecule has 0 amide bonds. The number of halogens is 1. The van der Waals surface area contributed by atoms with Gasteiger partial charge in [0.25, 0.3) is 0 Å². The molecule has 4 heteroatoms. The van der Waals surface area contributed by atoms with Gasteiger partial charge in [-0.1, -0.05) is 22.0 Å². The molecule has 3 nitrogen and oxygen atoms in total. The van der Waals surface area contributed by atoms with Gasteiger partial charge in [0.1, 0.15) is 0 Å². The average Bonchev–Trinajstić information content (AvgIpc) is 2.33. The third kappa shape index (κ3) is 3.46. The molecule has 18 heavy (non-hydrogen) atoms. The lowest BCUT2D eigenvalue weighted by atomic mass is 10.0. The molecule has 1 aliphatic rings. The number of benzene rings is 1. The van der Waals surface area contributed by atoms with Crippen LogP contribution in [0.4, 0.5) is 5.69 Å². The second kappa shape index (κ2) is 6.04. The molecule has 2 rings (SSSR count). The maximum absolute atomic E-state index is 5.76. The Morgan fingerprint density at radius 1 is 1.33 bits per heavy atom. The van der Waals surface area contributed by atoms with Crippen LogP contribution < -0.4 is 5.73 Å². The Labute approximate surface area is 118 Å². The molecule has 0 bridgehead atoms. The first-order valence-corrected chi connectivity index (χ1v) is 7.28. The molecule has 1 fully saturated rings. The van der Waals surface area contributed by atoms with Crippen LogP contribution in [0.1, 0.15) is 18.4 Å². The van der Waals surface area contributed by atoms with Gasteiger partial charge in [-0.25, -0.2) is 0 Å². The van der Waals surface area contributed by atoms with E-state index in [-0.39, 0.29) is 0 Å². The van der Waals surface area contributed by atoms with Gasteiger partial charge in [0, 0.05) is 22.7 Å². The molecule has 1 aromatic carbocycles. The number of anilines is 1. The van der Waals surface area contributed by atoms with Crippen LogP contribution in [-0.2, 0) is 6.54 Å². The van der Waals surface area contributed by atoms with Crippen molar-refractivity contribution in [3.63, 3.8) is 0 Å². The van der Waals surface area contributed by atoms with Gasteiger partial charge in [0.15, 0.2) is 0 Å². The quantitative estimate of drug-likeness (QED) is 0.871. The van der Waals surface area contributed by atoms with Crippen molar-refractivity contribution in [1.82, 2.24) is 9.80 Å². The number of hydrogen-bond donors (Lipinski definition) is 1. The van der Waals surface area contributed by atoms with Gasteiger partial charge in [-0.2, -0.15) is 0 Å². The largest absolute Gasteiger partial charge is 0.399 e. The van der Waals surface area contributed by atoms with Gasteiger partial charge < -0.3 is 10.6 Å². The van der Waals surface area contributed by atoms with Crippen LogP contribution in [0.25, 0.3) is 0 Å². The van der Waals surface area contributed by atoms with E-state index in [9.17, 15) is 0 Å². The predicted octanol–water partition coefficient (Wildman–Crippen LogP) is 2.56. The van der Waals surface area contributed by atoms with E-state index in [2.05, 4.69) is 45.9 Å². The lowest BCUT2D eigenvalue weighted by Gasteiger charge is -2.35. The molecular weight excluding hydrogens is 290 g/mol. The number of piperidine rings is 1. The Hall–Kier alpha value is -0.580. The van der Waals surface area contributed by atoms with Crippen molar-refractivity contribution in [3.8, 4) is 0 Å². The maximum atomic E-state index is 5.76. The Bertz CT molecular complexity index is 398. The summed E-state index contributed by atoms with van der Waals surface area (Å²) in [6.45, 7) is 3.38. The highest BCUT2D eigenvalue weighted by Crippen LogP contribution is 2.23. The lowest BCUT2D eigenvalue weighted by Crippen LogP contribution is -2.41. The van der Waals surface area contributed by atoms with Crippen molar-refractivity contribution in [2.24, 2.45) is 0 Å². The Balaban J connectivity index is 1.91. The molecule has 0 aliphatic carbocycles. The van der Waals surface area contributed by atoms with Gasteiger partial charge in [-0.05, 0) is 57.7 Å². The molecule has 1 saturated heterocycles. The van der Waals surface area contributed by atoms with Crippen LogP contribution in [0.2, 0.25) is 0 Å². The summed E-state index contributed by atoms with van der Waals surface area (Å²) < 4.78 is 1.12. The van der Waals surface area contributed by atoms with Crippen LogP contribution in [0.15, 0.2) is 22.7 Å². The van der Waals surface area contributed by atoms with E-state index in [0.29, 0.717) is 0 Å². The van der Waals surface area contributed by atoms with Gasteiger partial charge in [-0.3, -0.25) is 4.90 Å². The number of nitrogen functional groups attached to an aromatic ring is 1. The van der Waals surface area contributed by atoms with Crippen LogP contribution in [0.5, 0.6) is 0 Å². The van der Waals surface area contributed by atoms with Gasteiger partial charge in [0.05, 0.1) is 0 Å². The summed E-state index contributed by atoms with van der Waals surface area (Å²) in [5, 5.41) is 0. The highest BCUT2D eigenvalue weighted by Gasteiger charge is 2.20. The van der Waals surface area contributed by atoms with Crippen molar-refractivity contribution in [1.29, 1.82) is 0 Å². The van der Waals surface area contributed by atoms with E-state index in [1.807, 2.05) is 12.1 Å². The van der Waals surface area contributed by atoms with E-state index in [4.69, 9.17) is 5.73 Å². The summed E-state index contributed by atoms with van der Waals surface area (Å²) in [6.07, 6.45) is 2.53. The lowest BCUT2D eigenvalue weighted by molar-refractivity contribution is 0.140. The van der Waals surface area contributed by atoms with Crippen LogP contribution >= 0.6 is 15.9 Å². The highest BCUT2D eigenvalue weighted by molar-refractivity contribution is 9.10. The Kier molecular flexibility index (Phi) is 4.65. The SMILES string of the molecule is CN(C)C1CCN(Cc2ccc(N)cc2Br)CC1. The topological polar surface area (TPSA) is 32.5 Å². The van der Waals surface area contributed by atoms with Crippen molar-refractivity contribution in [2.45, 2.75) is 25.4 Å². The predicted molar refractivity (Wildman–Crippen MR) is 80.5 cm³/mol. The molecule has 0 atom stereocenters. The van der Waals surface area contributed by atoms with Crippen molar-refractivity contribution >= 4 is 21.6 Å². The molecule has 0 aromatic heterocycles. The first-order valence-electron chi connectivity index (χ1n) is 6.49. The second-order valence-corrected chi connectivity index (χ2v) is 6.18. The number of rotatable bonds is 3. The summed E-state index contributed by atoms with van der Waals surface area (Å²) in [4.78, 5) is 4.87. The molecule has 0 radical (unpaired) electrons. The molecule has 1 aromatic rings. The minimum atomic E-state index is 0.746. The Morgan fingerprint density at radius 2 is 2.00 bits per heavy atom. The number of likely N-dealkylation sites (tertiary alicyclic amines) is 1. The van der Waals surface area contributed by atoms with Gasteiger partial charge in [-0.15, -0.1) is 0 Å². The minimum Gasteiger partial charge on any atom is -0.399 e. The first-order chi connectivity index (χ1) is 8.56. The third-order valence-electron chi connectivity index (χ3n) is 3.76. The van der Waals surface area contributed by atoms with Crippen molar-refractivity contribution in [2.75, 3.05) is 32.9 Å². The summed E-state index contributed by atoms with van der Waals surface area (Å²) in [5.74, 6) is 0. The highest BCUT2D eigenvalue weighted by atomic mass is 79.9. The standard InChI is InChI=1S/C14H22BrN3/c1-17(2)13-5-7-18(8-6-13)10-11-3-4-12(16)9-14(11)15/h3-4,9,13H,5-8,10,16H2,1-2H3. The van der Waals surface area contributed by atoms with Crippen molar-refractivity contribution < 1.29 is 0 Å². The van der Waals surface area contributed by atoms with Gasteiger partial charge >= 0.3 is 0 Å². The summed E-state index contributed by atoms with van der Waals surface area (Å²) in [6, 6.07) is 6.84. The van der Waals surface area contributed by atoms with E-state index >= 15 is 0 Å². The summed E-state index contributed by atoms with van der Waals surface area (Å²) >= 11 is 3.59. The summed E-state index contributed by atoms with van der Waals surface area (Å²) in [7, 11) is 4.35. The molecule has 0 spiro atoms. The fraction of sp³-hybridized carbons (Fsp3) is 0.571. The molecule has 100 valence electrons. The number of nitrogens with two attached hydrogens (primary N) is 1.